The Morgan fingerprint density at radius 1 is 0.618 bits per heavy atom. The van der Waals surface area contributed by atoms with Crippen LogP contribution in [0.4, 0.5) is 11.4 Å². The molecule has 3 atom stereocenters. The van der Waals surface area contributed by atoms with Gasteiger partial charge in [-0.05, 0) is 93.3 Å². The van der Waals surface area contributed by atoms with Crippen LogP contribution in [0, 0.1) is 0 Å². The van der Waals surface area contributed by atoms with Gasteiger partial charge in [0.15, 0.2) is 17.5 Å². The molecule has 11 rings (SSSR count). The zero-order chi connectivity index (χ0) is 36.3. The lowest BCUT2D eigenvalue weighted by Crippen LogP contribution is -2.30. The van der Waals surface area contributed by atoms with Crippen LogP contribution in [0.3, 0.4) is 0 Å². The number of benzene rings is 6. The molecule has 0 saturated heterocycles. The molecule has 6 aromatic carbocycles. The Balaban J connectivity index is 1.05. The van der Waals surface area contributed by atoms with Crippen molar-refractivity contribution < 1.29 is 0 Å². The fourth-order valence-corrected chi connectivity index (χ4v) is 9.21. The maximum atomic E-state index is 5.26. The van der Waals surface area contributed by atoms with Gasteiger partial charge in [-0.2, -0.15) is 0 Å². The minimum Gasteiger partial charge on any atom is -0.333 e. The molecule has 0 fully saturated rings. The molecule has 7 aromatic rings. The molecular formula is C51H38N4. The summed E-state index contributed by atoms with van der Waals surface area (Å²) in [6.45, 7) is 0. The van der Waals surface area contributed by atoms with Crippen LogP contribution in [0.5, 0.6) is 0 Å². The van der Waals surface area contributed by atoms with E-state index in [1.165, 1.54) is 49.8 Å². The Hall–Kier alpha value is -6.65. The first-order chi connectivity index (χ1) is 27.2. The highest BCUT2D eigenvalue weighted by molar-refractivity contribution is 5.96. The summed E-state index contributed by atoms with van der Waals surface area (Å²) in [5.74, 6) is 2.58. The van der Waals surface area contributed by atoms with Crippen molar-refractivity contribution in [1.82, 2.24) is 15.0 Å². The summed E-state index contributed by atoms with van der Waals surface area (Å²) in [6, 6.07) is 48.6. The summed E-state index contributed by atoms with van der Waals surface area (Å²) in [7, 11) is 0. The molecule has 1 aromatic heterocycles. The van der Waals surface area contributed by atoms with Gasteiger partial charge in [0.25, 0.3) is 0 Å². The van der Waals surface area contributed by atoms with Crippen LogP contribution >= 0.6 is 0 Å². The van der Waals surface area contributed by atoms with Crippen molar-refractivity contribution in [2.24, 2.45) is 0 Å². The number of hydrogen-bond donors (Lipinski definition) is 0. The fraction of sp³-hybridized carbons (Fsp3) is 0.118. The largest absolute Gasteiger partial charge is 0.333 e. The first kappa shape index (κ1) is 31.8. The maximum absolute atomic E-state index is 5.26. The number of fused-ring (bicyclic) bond motifs is 8. The molecular weight excluding hydrogens is 669 g/mol. The molecule has 4 nitrogen and oxygen atoms in total. The Morgan fingerprint density at radius 2 is 1.44 bits per heavy atom. The van der Waals surface area contributed by atoms with Gasteiger partial charge in [0.05, 0.1) is 6.04 Å². The van der Waals surface area contributed by atoms with E-state index in [1.807, 2.05) is 0 Å². The monoisotopic (exact) mass is 706 g/mol. The van der Waals surface area contributed by atoms with Gasteiger partial charge in [-0.1, -0.05) is 152 Å². The second-order valence-electron chi connectivity index (χ2n) is 15.1. The van der Waals surface area contributed by atoms with Crippen molar-refractivity contribution in [3.63, 3.8) is 0 Å². The third-order valence-corrected chi connectivity index (χ3v) is 11.9. The van der Waals surface area contributed by atoms with Gasteiger partial charge in [0, 0.05) is 34.3 Å². The maximum Gasteiger partial charge on any atom is 0.164 e. The van der Waals surface area contributed by atoms with Crippen LogP contribution in [0.15, 0.2) is 164 Å². The zero-order valence-electron chi connectivity index (χ0n) is 30.4. The lowest BCUT2D eigenvalue weighted by Gasteiger charge is -2.31. The average molecular weight is 707 g/mol. The van der Waals surface area contributed by atoms with Gasteiger partial charge in [0.1, 0.15) is 0 Å². The van der Waals surface area contributed by atoms with E-state index in [0.29, 0.717) is 11.6 Å². The minimum atomic E-state index is 0.132. The van der Waals surface area contributed by atoms with Crippen LogP contribution in [0.25, 0.3) is 51.3 Å². The topological polar surface area (TPSA) is 41.9 Å². The molecule has 0 radical (unpaired) electrons. The number of aryl methyl sites for hydroxylation is 1. The molecule has 262 valence electrons. The van der Waals surface area contributed by atoms with E-state index in [-0.39, 0.29) is 17.9 Å². The van der Waals surface area contributed by atoms with Gasteiger partial charge in [0.2, 0.25) is 0 Å². The standard InChI is InChI=1S/C51H38N4/c1-2-12-33(13-3-1)38-18-10-19-39(30-38)49-52-50(54-51(53-49)41-25-24-34-14-4-5-17-37(34)31-41)40-20-11-21-42(32-40)55-45-28-26-35-15-6-8-22-43(35)47(45)48-44-23-9-7-16-36(44)27-29-46(48)55/h1-3,5-13,15-29,31-32,38,45,47H,4,14,30H2. The Bertz CT molecular complexity index is 2770. The van der Waals surface area contributed by atoms with Crippen molar-refractivity contribution in [3.8, 4) is 22.8 Å². The Morgan fingerprint density at radius 3 is 2.36 bits per heavy atom. The first-order valence-electron chi connectivity index (χ1n) is 19.4. The number of anilines is 2. The predicted molar refractivity (Wildman–Crippen MR) is 226 cm³/mol. The molecule has 0 saturated carbocycles. The molecule has 0 N–H and O–H groups in total. The van der Waals surface area contributed by atoms with Crippen LogP contribution in [-0.2, 0) is 6.42 Å². The van der Waals surface area contributed by atoms with E-state index in [2.05, 4.69) is 181 Å². The molecule has 3 unspecified atom stereocenters. The van der Waals surface area contributed by atoms with Gasteiger partial charge in [-0.25, -0.2) is 15.0 Å². The lowest BCUT2D eigenvalue weighted by atomic mass is 9.80. The predicted octanol–water partition coefficient (Wildman–Crippen LogP) is 12.1. The highest BCUT2D eigenvalue weighted by Crippen LogP contribution is 2.54. The number of rotatable bonds is 5. The quantitative estimate of drug-likeness (QED) is 0.179. The molecule has 1 aliphatic heterocycles. The van der Waals surface area contributed by atoms with Gasteiger partial charge < -0.3 is 4.90 Å². The Labute approximate surface area is 321 Å². The van der Waals surface area contributed by atoms with E-state index in [9.17, 15) is 0 Å². The third-order valence-electron chi connectivity index (χ3n) is 11.9. The van der Waals surface area contributed by atoms with E-state index in [0.717, 1.165) is 47.5 Å². The third kappa shape index (κ3) is 5.48. The molecule has 0 spiro atoms. The molecule has 4 heteroatoms. The van der Waals surface area contributed by atoms with E-state index < -0.39 is 0 Å². The normalized spacial score (nSPS) is 19.1. The summed E-state index contributed by atoms with van der Waals surface area (Å²) in [5, 5.41) is 2.58. The van der Waals surface area contributed by atoms with Crippen molar-refractivity contribution in [1.29, 1.82) is 0 Å². The van der Waals surface area contributed by atoms with E-state index in [4.69, 9.17) is 15.0 Å². The van der Waals surface area contributed by atoms with E-state index in [1.54, 1.807) is 0 Å². The smallest absolute Gasteiger partial charge is 0.164 e. The number of allylic oxidation sites excluding steroid dienone is 5. The van der Waals surface area contributed by atoms with Gasteiger partial charge in [-0.15, -0.1) is 0 Å². The first-order valence-corrected chi connectivity index (χ1v) is 19.4. The van der Waals surface area contributed by atoms with Crippen LogP contribution in [0.1, 0.15) is 63.9 Å². The second-order valence-corrected chi connectivity index (χ2v) is 15.1. The summed E-state index contributed by atoms with van der Waals surface area (Å²) >= 11 is 0. The second kappa shape index (κ2) is 13.0. The molecule has 3 aliphatic carbocycles. The molecule has 55 heavy (non-hydrogen) atoms. The summed E-state index contributed by atoms with van der Waals surface area (Å²) < 4.78 is 0. The van der Waals surface area contributed by atoms with E-state index >= 15 is 0 Å². The van der Waals surface area contributed by atoms with Crippen LogP contribution in [-0.4, -0.2) is 21.0 Å². The fourth-order valence-electron chi connectivity index (χ4n) is 9.21. The lowest BCUT2D eigenvalue weighted by molar-refractivity contribution is 0.727. The minimum absolute atomic E-state index is 0.132. The van der Waals surface area contributed by atoms with Crippen molar-refractivity contribution >= 4 is 39.9 Å². The SMILES string of the molecule is C1=CC(c2ccccc2)CC(c2nc(-c3cccc(N4c5ccc6ccccc6c5C5c6ccccc6C=CC54)c3)nc(-c3ccc4c(c3)C=CCC4)n2)=C1. The van der Waals surface area contributed by atoms with Gasteiger partial charge in [-0.3, -0.25) is 0 Å². The molecule has 2 heterocycles. The summed E-state index contributed by atoms with van der Waals surface area (Å²) in [5.41, 5.74) is 13.4. The summed E-state index contributed by atoms with van der Waals surface area (Å²) in [4.78, 5) is 18.2. The average Bonchev–Trinajstić information content (AvgIpc) is 3.62. The van der Waals surface area contributed by atoms with Crippen molar-refractivity contribution in [2.75, 3.05) is 4.90 Å². The van der Waals surface area contributed by atoms with Gasteiger partial charge >= 0.3 is 0 Å². The number of hydrogen-bond acceptors (Lipinski definition) is 4. The van der Waals surface area contributed by atoms with Crippen LogP contribution < -0.4 is 4.90 Å². The van der Waals surface area contributed by atoms with Crippen molar-refractivity contribution in [3.05, 3.63) is 203 Å². The Kier molecular flexibility index (Phi) is 7.54. The highest BCUT2D eigenvalue weighted by atomic mass is 15.2. The molecule has 4 aliphatic rings. The van der Waals surface area contributed by atoms with Crippen LogP contribution in [0.2, 0.25) is 0 Å². The van der Waals surface area contributed by atoms with Crippen molar-refractivity contribution in [2.45, 2.75) is 37.1 Å². The number of nitrogens with zero attached hydrogens (tertiary/aromatic N) is 4. The molecule has 0 amide bonds. The highest BCUT2D eigenvalue weighted by Gasteiger charge is 2.42. The molecule has 0 bridgehead atoms. The zero-order valence-corrected chi connectivity index (χ0v) is 30.4. The number of aromatic nitrogens is 3. The summed E-state index contributed by atoms with van der Waals surface area (Å²) in [6.07, 6.45) is 18.8.